The summed E-state index contributed by atoms with van der Waals surface area (Å²) in [4.78, 5) is 13.7. The fourth-order valence-electron chi connectivity index (χ4n) is 2.67. The minimum atomic E-state index is 0. The summed E-state index contributed by atoms with van der Waals surface area (Å²) in [6, 6.07) is 0. The number of rotatable bonds is 7. The summed E-state index contributed by atoms with van der Waals surface area (Å²) in [6.45, 7) is 7.59. The molecule has 1 saturated heterocycles. The molecule has 0 spiro atoms. The van der Waals surface area contributed by atoms with E-state index in [0.717, 1.165) is 44.5 Å². The van der Waals surface area contributed by atoms with Crippen molar-refractivity contribution in [2.45, 2.75) is 39.2 Å². The van der Waals surface area contributed by atoms with E-state index in [1.807, 2.05) is 11.9 Å². The molecular weight excluding hydrogens is 291 g/mol. The van der Waals surface area contributed by atoms with Crippen LogP contribution in [0, 0.1) is 17.8 Å². The van der Waals surface area contributed by atoms with E-state index in [-0.39, 0.29) is 30.4 Å². The maximum absolute atomic E-state index is 11.9. The molecule has 0 unspecified atom stereocenters. The zero-order chi connectivity index (χ0) is 13.8. The van der Waals surface area contributed by atoms with E-state index in [4.69, 9.17) is 4.74 Å². The van der Waals surface area contributed by atoms with Gasteiger partial charge in [-0.2, -0.15) is 0 Å². The molecule has 5 heteroatoms. The zero-order valence-corrected chi connectivity index (χ0v) is 14.3. The van der Waals surface area contributed by atoms with Crippen molar-refractivity contribution in [1.29, 1.82) is 0 Å². The Bertz CT molecular complexity index is 302. The van der Waals surface area contributed by atoms with Crippen LogP contribution in [0.3, 0.4) is 0 Å². The molecule has 2 rings (SSSR count). The van der Waals surface area contributed by atoms with Gasteiger partial charge >= 0.3 is 0 Å². The van der Waals surface area contributed by atoms with Crippen LogP contribution in [0.2, 0.25) is 0 Å². The zero-order valence-electron chi connectivity index (χ0n) is 12.9. The van der Waals surface area contributed by atoms with Gasteiger partial charge in [-0.15, -0.1) is 13.1 Å². The van der Waals surface area contributed by atoms with Gasteiger partial charge in [-0.1, -0.05) is 13.8 Å². The van der Waals surface area contributed by atoms with Crippen LogP contribution in [-0.4, -0.2) is 50.2 Å². The number of carbonyl (C=O) groups excluding carboxylic acids is 1. The molecule has 1 heterocycles. The van der Waals surface area contributed by atoms with Crippen molar-refractivity contribution >= 4 is 5.91 Å². The first-order valence-electron chi connectivity index (χ1n) is 7.57. The summed E-state index contributed by atoms with van der Waals surface area (Å²) in [7, 11) is 1.89. The molecule has 1 saturated carbocycles. The van der Waals surface area contributed by atoms with Crippen LogP contribution in [0.25, 0.3) is 5.32 Å². The maximum atomic E-state index is 11.9. The van der Waals surface area contributed by atoms with Crippen LogP contribution in [0.1, 0.15) is 33.1 Å². The summed E-state index contributed by atoms with van der Waals surface area (Å²) in [5, 5.41) is 4.09. The Morgan fingerprint density at radius 1 is 1.35 bits per heavy atom. The first-order valence-corrected chi connectivity index (χ1v) is 7.57. The number of hydrogen-bond acceptors (Lipinski definition) is 2. The molecule has 0 aromatic heterocycles. The summed E-state index contributed by atoms with van der Waals surface area (Å²) in [6.07, 6.45) is 3.85. The van der Waals surface area contributed by atoms with Crippen LogP contribution in [0.4, 0.5) is 0 Å². The van der Waals surface area contributed by atoms with Gasteiger partial charge < -0.3 is 15.0 Å². The molecule has 0 aromatic carbocycles. The standard InChI is InChI=1S/C15H27N2O2.V/c1-11(2)12-7-14(8-12)19-6-4-5-17(3)15(18)13-9-16-10-13;/h11-14H,4-10H2,1-3H3;/q-1;. The third-order valence-electron chi connectivity index (χ3n) is 4.49. The van der Waals surface area contributed by atoms with Gasteiger partial charge in [-0.25, -0.2) is 0 Å². The van der Waals surface area contributed by atoms with Crippen LogP contribution in [0.5, 0.6) is 0 Å². The van der Waals surface area contributed by atoms with Crippen LogP contribution >= 0.6 is 0 Å². The van der Waals surface area contributed by atoms with Gasteiger partial charge in [0.2, 0.25) is 5.91 Å². The average Bonchev–Trinajstić information content (AvgIpc) is 2.22. The fraction of sp³-hybridized carbons (Fsp3) is 0.933. The van der Waals surface area contributed by atoms with Crippen molar-refractivity contribution < 1.29 is 28.1 Å². The molecule has 1 aliphatic heterocycles. The minimum Gasteiger partial charge on any atom is -0.661 e. The molecule has 1 radical (unpaired) electrons. The number of amides is 1. The van der Waals surface area contributed by atoms with Crippen LogP contribution in [-0.2, 0) is 28.1 Å². The first-order chi connectivity index (χ1) is 9.08. The topological polar surface area (TPSA) is 43.6 Å². The average molecular weight is 318 g/mol. The fourth-order valence-corrected chi connectivity index (χ4v) is 2.67. The number of ether oxygens (including phenoxy) is 1. The summed E-state index contributed by atoms with van der Waals surface area (Å²) < 4.78 is 5.83. The van der Waals surface area contributed by atoms with E-state index < -0.39 is 0 Å². The molecule has 0 bridgehead atoms. The molecule has 20 heavy (non-hydrogen) atoms. The Morgan fingerprint density at radius 3 is 2.50 bits per heavy atom. The first kappa shape index (κ1) is 18.0. The predicted octanol–water partition coefficient (Wildman–Crippen LogP) is 2.29. The third-order valence-corrected chi connectivity index (χ3v) is 4.49. The quantitative estimate of drug-likeness (QED) is 0.676. The summed E-state index contributed by atoms with van der Waals surface area (Å²) >= 11 is 0. The van der Waals surface area contributed by atoms with Crippen molar-refractivity contribution in [3.8, 4) is 0 Å². The molecule has 2 aliphatic rings. The molecule has 1 aliphatic carbocycles. The van der Waals surface area contributed by atoms with Gasteiger partial charge in [0.1, 0.15) is 0 Å². The van der Waals surface area contributed by atoms with E-state index in [1.54, 1.807) is 0 Å². The molecule has 115 valence electrons. The molecule has 0 N–H and O–H groups in total. The molecule has 4 nitrogen and oxygen atoms in total. The number of carbonyl (C=O) groups is 1. The van der Waals surface area contributed by atoms with Gasteiger partial charge in [0.05, 0.1) is 6.10 Å². The Balaban J connectivity index is 0.00000200. The minimum absolute atomic E-state index is 0. The second kappa shape index (κ2) is 8.43. The maximum Gasteiger partial charge on any atom is 0.221 e. The Kier molecular flexibility index (Phi) is 7.59. The van der Waals surface area contributed by atoms with Crippen LogP contribution < -0.4 is 0 Å². The van der Waals surface area contributed by atoms with Gasteiger partial charge in [0, 0.05) is 44.7 Å². The normalized spacial score (nSPS) is 25.6. The van der Waals surface area contributed by atoms with Crippen molar-refractivity contribution in [2.24, 2.45) is 17.8 Å². The largest absolute Gasteiger partial charge is 0.661 e. The van der Waals surface area contributed by atoms with Gasteiger partial charge in [0.25, 0.3) is 0 Å². The van der Waals surface area contributed by atoms with Gasteiger partial charge in [-0.3, -0.25) is 4.79 Å². The van der Waals surface area contributed by atoms with Crippen molar-refractivity contribution in [3.05, 3.63) is 5.32 Å². The number of nitrogens with zero attached hydrogens (tertiary/aromatic N) is 2. The molecule has 0 atom stereocenters. The van der Waals surface area contributed by atoms with Gasteiger partial charge in [0.15, 0.2) is 0 Å². The Morgan fingerprint density at radius 2 is 2.00 bits per heavy atom. The van der Waals surface area contributed by atoms with E-state index in [0.29, 0.717) is 6.10 Å². The van der Waals surface area contributed by atoms with Gasteiger partial charge in [-0.05, 0) is 31.1 Å². The third kappa shape index (κ3) is 4.76. The second-order valence-electron chi connectivity index (χ2n) is 6.37. The molecular formula is C15H27N2O2V-. The number of hydrogen-bond donors (Lipinski definition) is 0. The van der Waals surface area contributed by atoms with Crippen molar-refractivity contribution in [2.75, 3.05) is 33.3 Å². The second-order valence-corrected chi connectivity index (χ2v) is 6.37. The van der Waals surface area contributed by atoms with E-state index in [1.165, 1.54) is 12.8 Å². The molecule has 0 aromatic rings. The van der Waals surface area contributed by atoms with E-state index in [2.05, 4.69) is 19.2 Å². The van der Waals surface area contributed by atoms with Crippen molar-refractivity contribution in [3.63, 3.8) is 0 Å². The SMILES string of the molecule is CC(C)C1CC(OCCCN(C)C(=O)C2C[N-]C2)C1.[V]. The molecule has 2 fully saturated rings. The smallest absolute Gasteiger partial charge is 0.221 e. The van der Waals surface area contributed by atoms with Crippen molar-refractivity contribution in [1.82, 2.24) is 4.90 Å². The molecule has 1 amide bonds. The Hall–Kier alpha value is -0.0256. The predicted molar refractivity (Wildman–Crippen MR) is 76.1 cm³/mol. The summed E-state index contributed by atoms with van der Waals surface area (Å²) in [5.74, 6) is 2.05. The summed E-state index contributed by atoms with van der Waals surface area (Å²) in [5.41, 5.74) is 0. The van der Waals surface area contributed by atoms with Crippen LogP contribution in [0.15, 0.2) is 0 Å². The Labute approximate surface area is 134 Å². The van der Waals surface area contributed by atoms with E-state index in [9.17, 15) is 4.79 Å². The van der Waals surface area contributed by atoms with E-state index >= 15 is 0 Å². The monoisotopic (exact) mass is 318 g/mol.